The first-order valence-electron chi connectivity index (χ1n) is 2.85. The normalized spacial score (nSPS) is 10.1. The SMILES string of the molecule is O=S(=O)(P)Oc1ccccc1.[CsH]. The Morgan fingerprint density at radius 3 is 2.08 bits per heavy atom. The molecule has 0 amide bonds. The third-order valence-corrected chi connectivity index (χ3v) is 1.67. The van der Waals surface area contributed by atoms with Crippen LogP contribution in [0.4, 0.5) is 0 Å². The molecule has 0 saturated carbocycles. The summed E-state index contributed by atoms with van der Waals surface area (Å²) in [5, 5.41) is 0. The molecule has 0 fully saturated rings. The van der Waals surface area contributed by atoms with Crippen LogP contribution in [-0.2, 0) is 9.74 Å². The molecule has 1 rings (SSSR count). The molecule has 0 saturated heterocycles. The molecule has 0 N–H and O–H groups in total. The molecule has 0 aromatic heterocycles. The summed E-state index contributed by atoms with van der Waals surface area (Å²) in [5.41, 5.74) is 0. The van der Waals surface area contributed by atoms with Gasteiger partial charge in [0.1, 0.15) is 5.75 Å². The van der Waals surface area contributed by atoms with E-state index in [-0.39, 0.29) is 68.9 Å². The molecule has 62 valence electrons. The van der Waals surface area contributed by atoms with Gasteiger partial charge in [-0.25, -0.2) is 0 Å². The first-order valence-corrected chi connectivity index (χ1v) is 5.74. The zero-order valence-corrected chi connectivity index (χ0v) is 7.57. The van der Waals surface area contributed by atoms with Gasteiger partial charge in [-0.3, -0.25) is 0 Å². The number of rotatable bonds is 2. The average molecular weight is 324 g/mol. The van der Waals surface area contributed by atoms with Gasteiger partial charge in [0.2, 0.25) is 0 Å². The van der Waals surface area contributed by atoms with Crippen LogP contribution in [0.2, 0.25) is 0 Å². The van der Waals surface area contributed by atoms with Crippen molar-refractivity contribution in [2.24, 2.45) is 0 Å². The van der Waals surface area contributed by atoms with Crippen molar-refractivity contribution in [1.29, 1.82) is 0 Å². The Labute approximate surface area is 133 Å². The molecule has 0 aliphatic rings. The zero-order chi connectivity index (χ0) is 8.32. The zero-order valence-electron chi connectivity index (χ0n) is 5.60. The van der Waals surface area contributed by atoms with Crippen molar-refractivity contribution in [2.45, 2.75) is 0 Å². The Balaban J connectivity index is 0.00000121. The van der Waals surface area contributed by atoms with Gasteiger partial charge < -0.3 is 4.18 Å². The number of hydrogen-bond acceptors (Lipinski definition) is 3. The summed E-state index contributed by atoms with van der Waals surface area (Å²) in [7, 11) is -1.85. The van der Waals surface area contributed by atoms with Gasteiger partial charge in [-0.1, -0.05) is 18.2 Å². The molecule has 0 aliphatic heterocycles. The quantitative estimate of drug-likeness (QED) is 0.746. The summed E-state index contributed by atoms with van der Waals surface area (Å²) in [6.07, 6.45) is 0. The molecule has 1 aromatic carbocycles. The maximum absolute atomic E-state index is 10.5. The van der Waals surface area contributed by atoms with Crippen LogP contribution >= 0.6 is 8.44 Å². The molecule has 6 heteroatoms. The van der Waals surface area contributed by atoms with E-state index in [1.54, 1.807) is 38.8 Å². The fourth-order valence-electron chi connectivity index (χ4n) is 0.610. The van der Waals surface area contributed by atoms with Gasteiger partial charge in [-0.2, -0.15) is 8.42 Å². The fourth-order valence-corrected chi connectivity index (χ4v) is 1.32. The molecule has 0 radical (unpaired) electrons. The molecule has 1 atom stereocenters. The van der Waals surface area contributed by atoms with Gasteiger partial charge in [-0.05, 0) is 12.1 Å². The predicted molar refractivity (Wildman–Crippen MR) is 52.8 cm³/mol. The second-order valence-corrected chi connectivity index (χ2v) is 4.77. The molecule has 0 bridgehead atoms. The number of benzene rings is 1. The molecular formula is C6H8CsO3PS. The van der Waals surface area contributed by atoms with Crippen LogP contribution in [-0.4, -0.2) is 77.3 Å². The Morgan fingerprint density at radius 1 is 1.17 bits per heavy atom. The molecule has 3 nitrogen and oxygen atoms in total. The van der Waals surface area contributed by atoms with Crippen molar-refractivity contribution in [2.75, 3.05) is 0 Å². The standard InChI is InChI=1S/C6H7O3PS.Cs.H/c7-11(8,10)9-6-4-2-1-3-5-6;;/h1-5H,10H2;;. The maximum atomic E-state index is 10.5. The summed E-state index contributed by atoms with van der Waals surface area (Å²) in [5.74, 6) is 0.322. The van der Waals surface area contributed by atoms with Gasteiger partial charge in [0, 0.05) is 8.44 Å². The molecule has 1 aromatic rings. The van der Waals surface area contributed by atoms with E-state index in [0.29, 0.717) is 5.75 Å². The van der Waals surface area contributed by atoms with Crippen molar-refractivity contribution >= 4 is 87.1 Å². The van der Waals surface area contributed by atoms with Crippen LogP contribution in [0.1, 0.15) is 0 Å². The van der Waals surface area contributed by atoms with E-state index in [1.807, 2.05) is 0 Å². The average Bonchev–Trinajstić information content (AvgIpc) is 1.85. The summed E-state index contributed by atoms with van der Waals surface area (Å²) >= 11 is 0. The van der Waals surface area contributed by atoms with Gasteiger partial charge >= 0.3 is 78.6 Å². The van der Waals surface area contributed by atoms with Crippen LogP contribution < -0.4 is 4.18 Å². The number of para-hydroxylation sites is 1. The van der Waals surface area contributed by atoms with Crippen molar-refractivity contribution in [1.82, 2.24) is 0 Å². The first-order chi connectivity index (χ1) is 5.08. The summed E-state index contributed by atoms with van der Waals surface area (Å²) in [6, 6.07) is 8.32. The fraction of sp³-hybridized carbons (Fsp3) is 0. The monoisotopic (exact) mass is 324 g/mol. The van der Waals surface area contributed by atoms with E-state index >= 15 is 0 Å². The number of hydrogen-bond donors (Lipinski definition) is 0. The Morgan fingerprint density at radius 2 is 1.67 bits per heavy atom. The molecule has 1 unspecified atom stereocenters. The molecule has 0 spiro atoms. The van der Waals surface area contributed by atoms with Crippen molar-refractivity contribution in [3.63, 3.8) is 0 Å². The first kappa shape index (κ1) is 13.5. The van der Waals surface area contributed by atoms with Gasteiger partial charge in [0.25, 0.3) is 0 Å². The Hall–Kier alpha value is 1.45. The minimum atomic E-state index is -3.46. The molecular weight excluding hydrogens is 316 g/mol. The summed E-state index contributed by atoms with van der Waals surface area (Å²) < 4.78 is 25.6. The summed E-state index contributed by atoms with van der Waals surface area (Å²) in [6.45, 7) is 0. The Bertz CT molecular complexity index is 324. The topological polar surface area (TPSA) is 43.4 Å². The second kappa shape index (κ2) is 6.03. The van der Waals surface area contributed by atoms with Crippen LogP contribution in [0, 0.1) is 0 Å². The molecule has 0 heterocycles. The molecule has 0 aliphatic carbocycles. The third kappa shape index (κ3) is 5.99. The second-order valence-electron chi connectivity index (χ2n) is 1.89. The van der Waals surface area contributed by atoms with Gasteiger partial charge in [0.05, 0.1) is 0 Å². The van der Waals surface area contributed by atoms with E-state index < -0.39 is 9.74 Å². The van der Waals surface area contributed by atoms with E-state index in [9.17, 15) is 8.42 Å². The van der Waals surface area contributed by atoms with E-state index in [0.717, 1.165) is 0 Å². The summed E-state index contributed by atoms with van der Waals surface area (Å²) in [4.78, 5) is 0. The van der Waals surface area contributed by atoms with Crippen molar-refractivity contribution in [3.8, 4) is 5.75 Å². The minimum absolute atomic E-state index is 0. The van der Waals surface area contributed by atoms with E-state index in [2.05, 4.69) is 4.18 Å². The Kier molecular flexibility index (Phi) is 6.76. The van der Waals surface area contributed by atoms with Crippen molar-refractivity contribution in [3.05, 3.63) is 30.3 Å². The predicted octanol–water partition coefficient (Wildman–Crippen LogP) is 0.537. The van der Waals surface area contributed by atoms with Crippen LogP contribution in [0.15, 0.2) is 30.3 Å². The van der Waals surface area contributed by atoms with Crippen LogP contribution in [0.5, 0.6) is 5.75 Å². The van der Waals surface area contributed by atoms with E-state index in [4.69, 9.17) is 0 Å². The van der Waals surface area contributed by atoms with Gasteiger partial charge in [0.15, 0.2) is 0 Å². The van der Waals surface area contributed by atoms with Crippen molar-refractivity contribution < 1.29 is 12.6 Å². The third-order valence-electron chi connectivity index (χ3n) is 0.956. The van der Waals surface area contributed by atoms with Gasteiger partial charge in [-0.15, -0.1) is 0 Å². The van der Waals surface area contributed by atoms with E-state index in [1.165, 1.54) is 0 Å². The van der Waals surface area contributed by atoms with Crippen LogP contribution in [0.3, 0.4) is 0 Å². The molecule has 12 heavy (non-hydrogen) atoms. The van der Waals surface area contributed by atoms with Crippen LogP contribution in [0.25, 0.3) is 0 Å².